The lowest BCUT2D eigenvalue weighted by Gasteiger charge is -2.27. The van der Waals surface area contributed by atoms with E-state index in [4.69, 9.17) is 10.5 Å². The summed E-state index contributed by atoms with van der Waals surface area (Å²) >= 11 is 3.48. The zero-order chi connectivity index (χ0) is 14.8. The van der Waals surface area contributed by atoms with E-state index in [1.807, 2.05) is 18.2 Å². The molecule has 0 spiro atoms. The van der Waals surface area contributed by atoms with E-state index in [9.17, 15) is 4.79 Å². The minimum Gasteiger partial charge on any atom is -0.493 e. The first-order valence-electron chi connectivity index (χ1n) is 7.60. The molecule has 0 aromatic heterocycles. The van der Waals surface area contributed by atoms with Crippen molar-refractivity contribution in [2.24, 2.45) is 11.7 Å². The van der Waals surface area contributed by atoms with Gasteiger partial charge in [0.15, 0.2) is 0 Å². The predicted molar refractivity (Wildman–Crippen MR) is 85.1 cm³/mol. The molecule has 1 aromatic rings. The highest BCUT2D eigenvalue weighted by molar-refractivity contribution is 9.10. The van der Waals surface area contributed by atoms with Crippen LogP contribution in [-0.4, -0.2) is 18.6 Å². The number of nitrogens with one attached hydrogen (secondary N) is 1. The maximum atomic E-state index is 12.3. The van der Waals surface area contributed by atoms with Crippen molar-refractivity contribution in [1.29, 1.82) is 0 Å². The zero-order valence-corrected chi connectivity index (χ0v) is 13.6. The van der Waals surface area contributed by atoms with Crippen molar-refractivity contribution in [3.05, 3.63) is 28.2 Å². The number of hydrogen-bond acceptors (Lipinski definition) is 3. The van der Waals surface area contributed by atoms with Crippen LogP contribution in [0.2, 0.25) is 0 Å². The van der Waals surface area contributed by atoms with E-state index in [1.165, 1.54) is 0 Å². The summed E-state index contributed by atoms with van der Waals surface area (Å²) in [5.41, 5.74) is 7.11. The number of rotatable bonds is 3. The van der Waals surface area contributed by atoms with E-state index in [-0.39, 0.29) is 18.0 Å². The average Bonchev–Trinajstić information content (AvgIpc) is 2.85. The smallest absolute Gasteiger partial charge is 0.220 e. The van der Waals surface area contributed by atoms with Crippen molar-refractivity contribution >= 4 is 21.8 Å². The van der Waals surface area contributed by atoms with Crippen LogP contribution >= 0.6 is 15.9 Å². The van der Waals surface area contributed by atoms with Gasteiger partial charge >= 0.3 is 0 Å². The molecule has 1 unspecified atom stereocenters. The first-order chi connectivity index (χ1) is 10.1. The normalized spacial score (nSPS) is 27.8. The van der Waals surface area contributed by atoms with E-state index < -0.39 is 0 Å². The highest BCUT2D eigenvalue weighted by atomic mass is 79.9. The molecule has 1 saturated carbocycles. The van der Waals surface area contributed by atoms with Crippen molar-refractivity contribution < 1.29 is 9.53 Å². The number of ether oxygens (including phenoxy) is 1. The lowest BCUT2D eigenvalue weighted by atomic mass is 9.97. The number of halogens is 1. The molecule has 1 aromatic carbocycles. The fraction of sp³-hybridized carbons (Fsp3) is 0.562. The minimum absolute atomic E-state index is 0.0383. The molecule has 114 valence electrons. The van der Waals surface area contributed by atoms with Crippen LogP contribution < -0.4 is 15.8 Å². The second-order valence-corrected chi connectivity index (χ2v) is 6.91. The van der Waals surface area contributed by atoms with E-state index in [0.717, 1.165) is 41.5 Å². The number of hydrogen-bond donors (Lipinski definition) is 2. The summed E-state index contributed by atoms with van der Waals surface area (Å²) in [7, 11) is 0. The standard InChI is InChI=1S/C16H21BrN2O2/c17-11-4-5-15-12(9-11)14(6-7-21-15)19-16(20)8-10-2-1-3-13(10)18/h4-5,9-10,13-14H,1-3,6-8,18H2,(H,19,20)/t10-,13+,14?/m0/s1. The van der Waals surface area contributed by atoms with Crippen LogP contribution in [0.4, 0.5) is 0 Å². The van der Waals surface area contributed by atoms with E-state index in [0.29, 0.717) is 18.9 Å². The Kier molecular flexibility index (Phi) is 4.50. The molecule has 3 rings (SSSR count). The lowest BCUT2D eigenvalue weighted by molar-refractivity contribution is -0.123. The first-order valence-corrected chi connectivity index (χ1v) is 8.40. The quantitative estimate of drug-likeness (QED) is 0.878. The summed E-state index contributed by atoms with van der Waals surface area (Å²) < 4.78 is 6.65. The summed E-state index contributed by atoms with van der Waals surface area (Å²) in [6.07, 6.45) is 4.62. The molecule has 1 aliphatic heterocycles. The van der Waals surface area contributed by atoms with Crippen LogP contribution in [0.25, 0.3) is 0 Å². The zero-order valence-electron chi connectivity index (χ0n) is 12.0. The van der Waals surface area contributed by atoms with Gasteiger partial charge in [-0.2, -0.15) is 0 Å². The maximum absolute atomic E-state index is 12.3. The van der Waals surface area contributed by atoms with Crippen molar-refractivity contribution in [3.63, 3.8) is 0 Å². The third-order valence-electron chi connectivity index (χ3n) is 4.51. The van der Waals surface area contributed by atoms with E-state index in [2.05, 4.69) is 21.2 Å². The number of benzene rings is 1. The second-order valence-electron chi connectivity index (χ2n) is 6.00. The third kappa shape index (κ3) is 3.40. The van der Waals surface area contributed by atoms with Gasteiger partial charge in [0.2, 0.25) is 5.91 Å². The fourth-order valence-electron chi connectivity index (χ4n) is 3.33. The molecular formula is C16H21BrN2O2. The summed E-state index contributed by atoms with van der Waals surface area (Å²) in [5, 5.41) is 3.15. The van der Waals surface area contributed by atoms with Crippen LogP contribution in [0.1, 0.15) is 43.7 Å². The highest BCUT2D eigenvalue weighted by Gasteiger charge is 2.28. The predicted octanol–water partition coefficient (Wildman–Crippen LogP) is 2.91. The van der Waals surface area contributed by atoms with E-state index in [1.54, 1.807) is 0 Å². The van der Waals surface area contributed by atoms with Crippen LogP contribution in [0, 0.1) is 5.92 Å². The van der Waals surface area contributed by atoms with Gasteiger partial charge in [0.25, 0.3) is 0 Å². The molecular weight excluding hydrogens is 332 g/mol. The van der Waals surface area contributed by atoms with E-state index >= 15 is 0 Å². The Morgan fingerprint density at radius 1 is 1.38 bits per heavy atom. The Labute approximate surface area is 133 Å². The largest absolute Gasteiger partial charge is 0.493 e. The van der Waals surface area contributed by atoms with Crippen LogP contribution in [-0.2, 0) is 4.79 Å². The number of carbonyl (C=O) groups excluding carboxylic acids is 1. The first kappa shape index (κ1) is 14.9. The van der Waals surface area contributed by atoms with Crippen LogP contribution in [0.15, 0.2) is 22.7 Å². The maximum Gasteiger partial charge on any atom is 0.220 e. The van der Waals surface area contributed by atoms with Gasteiger partial charge in [0, 0.05) is 28.9 Å². The monoisotopic (exact) mass is 352 g/mol. The Bertz CT molecular complexity index is 535. The number of carbonyl (C=O) groups is 1. The Hall–Kier alpha value is -1.07. The molecule has 0 radical (unpaired) electrons. The summed E-state index contributed by atoms with van der Waals surface area (Å²) in [6.45, 7) is 0.641. The minimum atomic E-state index is 0.0383. The molecule has 5 heteroatoms. The Balaban J connectivity index is 1.66. The molecule has 2 aliphatic rings. The molecule has 0 bridgehead atoms. The molecule has 1 amide bonds. The third-order valence-corrected chi connectivity index (χ3v) is 5.01. The molecule has 3 N–H and O–H groups in total. The average molecular weight is 353 g/mol. The lowest BCUT2D eigenvalue weighted by Crippen LogP contribution is -2.35. The Morgan fingerprint density at radius 3 is 3.00 bits per heavy atom. The highest BCUT2D eigenvalue weighted by Crippen LogP contribution is 2.34. The topological polar surface area (TPSA) is 64.4 Å². The Morgan fingerprint density at radius 2 is 2.24 bits per heavy atom. The molecule has 1 fully saturated rings. The molecule has 0 saturated heterocycles. The van der Waals surface area contributed by atoms with Gasteiger partial charge in [-0.25, -0.2) is 0 Å². The van der Waals surface area contributed by atoms with Crippen molar-refractivity contribution in [1.82, 2.24) is 5.32 Å². The molecule has 1 heterocycles. The van der Waals surface area contributed by atoms with Gasteiger partial charge in [-0.1, -0.05) is 22.4 Å². The van der Waals surface area contributed by atoms with Gasteiger partial charge in [0.05, 0.1) is 12.6 Å². The van der Waals surface area contributed by atoms with Crippen molar-refractivity contribution in [2.45, 2.75) is 44.2 Å². The fourth-order valence-corrected chi connectivity index (χ4v) is 3.70. The van der Waals surface area contributed by atoms with Crippen molar-refractivity contribution in [2.75, 3.05) is 6.61 Å². The van der Waals surface area contributed by atoms with Crippen LogP contribution in [0.3, 0.4) is 0 Å². The van der Waals surface area contributed by atoms with Crippen LogP contribution in [0.5, 0.6) is 5.75 Å². The molecule has 4 nitrogen and oxygen atoms in total. The summed E-state index contributed by atoms with van der Waals surface area (Å²) in [6, 6.07) is 6.16. The van der Waals surface area contributed by atoms with Gasteiger partial charge in [-0.3, -0.25) is 4.79 Å². The SMILES string of the molecule is N[C@@H]1CCC[C@H]1CC(=O)NC1CCOc2ccc(Br)cc21. The van der Waals surface area contributed by atoms with Gasteiger partial charge in [-0.15, -0.1) is 0 Å². The van der Waals surface area contributed by atoms with Gasteiger partial charge in [0.1, 0.15) is 5.75 Å². The summed E-state index contributed by atoms with van der Waals surface area (Å²) in [4.78, 5) is 12.3. The van der Waals surface area contributed by atoms with Crippen molar-refractivity contribution in [3.8, 4) is 5.75 Å². The molecule has 3 atom stereocenters. The van der Waals surface area contributed by atoms with Gasteiger partial charge in [-0.05, 0) is 37.0 Å². The molecule has 1 aliphatic carbocycles. The number of fused-ring (bicyclic) bond motifs is 1. The second kappa shape index (κ2) is 6.36. The van der Waals surface area contributed by atoms with Gasteiger partial charge < -0.3 is 15.8 Å². The molecule has 21 heavy (non-hydrogen) atoms. The number of nitrogens with two attached hydrogens (primary N) is 1. The number of amides is 1. The summed E-state index contributed by atoms with van der Waals surface area (Å²) in [5.74, 6) is 1.31.